The van der Waals surface area contributed by atoms with Crippen LogP contribution in [-0.2, 0) is 4.79 Å². The van der Waals surface area contributed by atoms with Crippen molar-refractivity contribution >= 4 is 23.3 Å². The third kappa shape index (κ3) is 5.02. The molecule has 1 N–H and O–H groups in total. The number of nitrogens with one attached hydrogen (secondary N) is 1. The fourth-order valence-electron chi connectivity index (χ4n) is 3.07. The summed E-state index contributed by atoms with van der Waals surface area (Å²) < 4.78 is 16.1. The molecule has 1 atom stereocenters. The lowest BCUT2D eigenvalue weighted by atomic mass is 10.0. The van der Waals surface area contributed by atoms with E-state index in [0.29, 0.717) is 22.8 Å². The van der Waals surface area contributed by atoms with E-state index in [-0.39, 0.29) is 11.9 Å². The fraction of sp³-hybridized carbons (Fsp3) is 0.208. The second-order valence-corrected chi connectivity index (χ2v) is 7.63. The number of methoxy groups -OCH3 is 3. The van der Waals surface area contributed by atoms with Gasteiger partial charge in [0.25, 0.3) is 0 Å². The largest absolute Gasteiger partial charge is 0.496 e. The van der Waals surface area contributed by atoms with Gasteiger partial charge in [-0.3, -0.25) is 4.79 Å². The van der Waals surface area contributed by atoms with Crippen molar-refractivity contribution in [3.05, 3.63) is 81.6 Å². The molecule has 0 spiro atoms. The van der Waals surface area contributed by atoms with Gasteiger partial charge in [0.15, 0.2) is 11.5 Å². The number of thiophene rings is 1. The summed E-state index contributed by atoms with van der Waals surface area (Å²) in [6.07, 6.45) is 3.20. The first-order chi connectivity index (χ1) is 14.5. The Morgan fingerprint density at radius 3 is 2.23 bits per heavy atom. The van der Waals surface area contributed by atoms with Crippen LogP contribution in [0.2, 0.25) is 0 Å². The molecule has 0 saturated heterocycles. The fourth-order valence-corrected chi connectivity index (χ4v) is 3.87. The Morgan fingerprint density at radius 1 is 0.967 bits per heavy atom. The Kier molecular flexibility index (Phi) is 7.14. The molecular weight excluding hydrogens is 398 g/mol. The van der Waals surface area contributed by atoms with Gasteiger partial charge in [-0.2, -0.15) is 0 Å². The summed E-state index contributed by atoms with van der Waals surface area (Å²) in [6.45, 7) is 2.04. The Balaban J connectivity index is 1.84. The minimum Gasteiger partial charge on any atom is -0.496 e. The third-order valence-electron chi connectivity index (χ3n) is 4.68. The van der Waals surface area contributed by atoms with E-state index in [1.807, 2.05) is 48.7 Å². The topological polar surface area (TPSA) is 56.8 Å². The van der Waals surface area contributed by atoms with Gasteiger partial charge in [-0.1, -0.05) is 35.9 Å². The lowest BCUT2D eigenvalue weighted by Gasteiger charge is -2.17. The highest BCUT2D eigenvalue weighted by molar-refractivity contribution is 7.10. The molecule has 0 aliphatic heterocycles. The van der Waals surface area contributed by atoms with Crippen LogP contribution in [0.4, 0.5) is 0 Å². The Labute approximate surface area is 180 Å². The maximum atomic E-state index is 12.7. The monoisotopic (exact) mass is 423 g/mol. The molecule has 6 heteroatoms. The maximum Gasteiger partial charge on any atom is 0.244 e. The molecule has 0 fully saturated rings. The molecule has 30 heavy (non-hydrogen) atoms. The smallest absolute Gasteiger partial charge is 0.244 e. The van der Waals surface area contributed by atoms with Crippen molar-refractivity contribution < 1.29 is 19.0 Å². The summed E-state index contributed by atoms with van der Waals surface area (Å²) in [5, 5.41) is 5.11. The standard InChI is InChI=1S/C24H25NO4S/c1-16-7-9-17(10-8-16)24(22-6-5-13-30-22)25-23(26)12-11-18-14-20(28-3)21(29-4)15-19(18)27-2/h5-15,24H,1-4H3,(H,25,26)/b12-11+. The van der Waals surface area contributed by atoms with E-state index in [1.165, 1.54) is 11.6 Å². The van der Waals surface area contributed by atoms with Crippen LogP contribution in [0.5, 0.6) is 17.2 Å². The summed E-state index contributed by atoms with van der Waals surface area (Å²) in [4.78, 5) is 13.8. The summed E-state index contributed by atoms with van der Waals surface area (Å²) in [7, 11) is 4.71. The first-order valence-electron chi connectivity index (χ1n) is 9.44. The van der Waals surface area contributed by atoms with E-state index in [0.717, 1.165) is 10.4 Å². The van der Waals surface area contributed by atoms with Gasteiger partial charge in [0.05, 0.1) is 27.4 Å². The molecule has 2 aromatic carbocycles. The number of aryl methyl sites for hydroxylation is 1. The van der Waals surface area contributed by atoms with Gasteiger partial charge in [-0.05, 0) is 36.1 Å². The molecular formula is C24H25NO4S. The first kappa shape index (κ1) is 21.5. The summed E-state index contributed by atoms with van der Waals surface area (Å²) >= 11 is 1.61. The molecule has 1 unspecified atom stereocenters. The Morgan fingerprint density at radius 2 is 1.63 bits per heavy atom. The molecule has 156 valence electrons. The molecule has 0 radical (unpaired) electrons. The second kappa shape index (κ2) is 9.98. The quantitative estimate of drug-likeness (QED) is 0.518. The summed E-state index contributed by atoms with van der Waals surface area (Å²) in [5.41, 5.74) is 2.93. The van der Waals surface area contributed by atoms with Crippen LogP contribution in [0.3, 0.4) is 0 Å². The molecule has 3 aromatic rings. The molecule has 0 bridgehead atoms. The molecule has 0 aliphatic rings. The number of carbonyl (C=O) groups excluding carboxylic acids is 1. The van der Waals surface area contributed by atoms with Gasteiger partial charge in [0.2, 0.25) is 5.91 Å². The van der Waals surface area contributed by atoms with Crippen molar-refractivity contribution in [3.8, 4) is 17.2 Å². The van der Waals surface area contributed by atoms with Crippen molar-refractivity contribution in [2.45, 2.75) is 13.0 Å². The number of rotatable bonds is 8. The normalized spacial score (nSPS) is 11.9. The average Bonchev–Trinajstić information content (AvgIpc) is 3.30. The van der Waals surface area contributed by atoms with Gasteiger partial charge < -0.3 is 19.5 Å². The van der Waals surface area contributed by atoms with Crippen molar-refractivity contribution in [3.63, 3.8) is 0 Å². The van der Waals surface area contributed by atoms with Crippen molar-refractivity contribution in [2.24, 2.45) is 0 Å². The Bertz CT molecular complexity index is 1010. The number of carbonyl (C=O) groups is 1. The minimum absolute atomic E-state index is 0.203. The molecule has 1 heterocycles. The van der Waals surface area contributed by atoms with Crippen molar-refractivity contribution in [1.29, 1.82) is 0 Å². The van der Waals surface area contributed by atoms with Crippen molar-refractivity contribution in [2.75, 3.05) is 21.3 Å². The highest BCUT2D eigenvalue weighted by Crippen LogP contribution is 2.35. The molecule has 0 saturated carbocycles. The number of hydrogen-bond acceptors (Lipinski definition) is 5. The Hall–Kier alpha value is -3.25. The van der Waals surface area contributed by atoms with E-state index in [2.05, 4.69) is 5.32 Å². The summed E-state index contributed by atoms with van der Waals surface area (Å²) in [5.74, 6) is 1.51. The number of hydrogen-bond donors (Lipinski definition) is 1. The lowest BCUT2D eigenvalue weighted by molar-refractivity contribution is -0.116. The SMILES string of the molecule is COc1cc(OC)c(OC)cc1/C=C/C(=O)NC(c1ccc(C)cc1)c1cccs1. The third-order valence-corrected chi connectivity index (χ3v) is 5.61. The number of amides is 1. The van der Waals surface area contributed by atoms with Crippen molar-refractivity contribution in [1.82, 2.24) is 5.32 Å². The zero-order valence-electron chi connectivity index (χ0n) is 17.5. The van der Waals surface area contributed by atoms with Crippen LogP contribution in [-0.4, -0.2) is 27.2 Å². The number of benzene rings is 2. The van der Waals surface area contributed by atoms with Gasteiger partial charge in [-0.25, -0.2) is 0 Å². The van der Waals surface area contributed by atoms with Crippen LogP contribution in [0.15, 0.2) is 60.0 Å². The molecule has 0 aliphatic carbocycles. The molecule has 5 nitrogen and oxygen atoms in total. The number of ether oxygens (including phenoxy) is 3. The van der Waals surface area contributed by atoms with E-state index < -0.39 is 0 Å². The molecule has 1 amide bonds. The van der Waals surface area contributed by atoms with Gasteiger partial charge in [0.1, 0.15) is 5.75 Å². The maximum absolute atomic E-state index is 12.7. The van der Waals surface area contributed by atoms with E-state index >= 15 is 0 Å². The van der Waals surface area contributed by atoms with Crippen LogP contribution in [0.1, 0.15) is 27.6 Å². The highest BCUT2D eigenvalue weighted by atomic mass is 32.1. The van der Waals surface area contributed by atoms with Crippen LogP contribution in [0.25, 0.3) is 6.08 Å². The van der Waals surface area contributed by atoms with Gasteiger partial charge >= 0.3 is 0 Å². The molecule has 1 aromatic heterocycles. The first-order valence-corrected chi connectivity index (χ1v) is 10.3. The average molecular weight is 424 g/mol. The van der Waals surface area contributed by atoms with Crippen LogP contribution < -0.4 is 19.5 Å². The minimum atomic E-state index is -0.213. The van der Waals surface area contributed by atoms with E-state index in [1.54, 1.807) is 50.9 Å². The zero-order chi connectivity index (χ0) is 21.5. The zero-order valence-corrected chi connectivity index (χ0v) is 18.3. The predicted molar refractivity (Wildman–Crippen MR) is 121 cm³/mol. The molecule has 3 rings (SSSR count). The lowest BCUT2D eigenvalue weighted by Crippen LogP contribution is -2.27. The van der Waals surface area contributed by atoms with E-state index in [9.17, 15) is 4.79 Å². The van der Waals surface area contributed by atoms with Crippen LogP contribution >= 0.6 is 11.3 Å². The van der Waals surface area contributed by atoms with Gasteiger partial charge in [-0.15, -0.1) is 11.3 Å². The van der Waals surface area contributed by atoms with E-state index in [4.69, 9.17) is 14.2 Å². The predicted octanol–water partition coefficient (Wildman–Crippen LogP) is 5.00. The second-order valence-electron chi connectivity index (χ2n) is 6.65. The summed E-state index contributed by atoms with van der Waals surface area (Å²) in [6, 6.07) is 15.5. The van der Waals surface area contributed by atoms with Gasteiger partial charge in [0, 0.05) is 22.6 Å². The van der Waals surface area contributed by atoms with Crippen LogP contribution in [0, 0.1) is 6.92 Å². The highest BCUT2D eigenvalue weighted by Gasteiger charge is 2.17.